The minimum absolute atomic E-state index is 0.0153. The van der Waals surface area contributed by atoms with Gasteiger partial charge in [0, 0.05) is 39.6 Å². The van der Waals surface area contributed by atoms with Gasteiger partial charge in [-0.25, -0.2) is 0 Å². The maximum absolute atomic E-state index is 6.16. The monoisotopic (exact) mass is 699 g/mol. The molecule has 0 fully saturated rings. The SMILES string of the molecule is CCCOC(CCCCCCCCCC=CC(OCC)OC(C=CCCCCCCCCCC(OCCC)OCCC)OCC)OCCC. The van der Waals surface area contributed by atoms with Crippen molar-refractivity contribution in [2.24, 2.45) is 0 Å². The molecule has 0 heterocycles. The zero-order valence-electron chi connectivity index (χ0n) is 33.3. The lowest BCUT2D eigenvalue weighted by Crippen LogP contribution is -2.24. The molecule has 0 spiro atoms. The summed E-state index contributed by atoms with van der Waals surface area (Å²) in [5.41, 5.74) is 0. The molecule has 2 unspecified atom stereocenters. The number of hydrogen-bond acceptors (Lipinski definition) is 7. The molecule has 0 rings (SSSR count). The molecule has 0 aliphatic rings. The van der Waals surface area contributed by atoms with Gasteiger partial charge in [-0.2, -0.15) is 0 Å². The van der Waals surface area contributed by atoms with Crippen LogP contribution in [0.15, 0.2) is 24.3 Å². The van der Waals surface area contributed by atoms with E-state index in [9.17, 15) is 0 Å². The third-order valence-corrected chi connectivity index (χ3v) is 8.17. The molecule has 0 aromatic carbocycles. The van der Waals surface area contributed by atoms with E-state index in [4.69, 9.17) is 33.2 Å². The second-order valence-corrected chi connectivity index (χ2v) is 13.1. The zero-order chi connectivity index (χ0) is 35.9. The fraction of sp³-hybridized carbons (Fsp3) is 0.905. The molecule has 7 nitrogen and oxygen atoms in total. The van der Waals surface area contributed by atoms with Crippen LogP contribution in [0.3, 0.4) is 0 Å². The van der Waals surface area contributed by atoms with E-state index < -0.39 is 0 Å². The summed E-state index contributed by atoms with van der Waals surface area (Å²) in [6, 6.07) is 0. The predicted molar refractivity (Wildman–Crippen MR) is 206 cm³/mol. The van der Waals surface area contributed by atoms with E-state index in [0.717, 1.165) is 77.8 Å². The van der Waals surface area contributed by atoms with Crippen molar-refractivity contribution in [2.75, 3.05) is 39.6 Å². The summed E-state index contributed by atoms with van der Waals surface area (Å²) >= 11 is 0. The quantitative estimate of drug-likeness (QED) is 0.0358. The van der Waals surface area contributed by atoms with Gasteiger partial charge >= 0.3 is 0 Å². The van der Waals surface area contributed by atoms with Crippen LogP contribution < -0.4 is 0 Å². The van der Waals surface area contributed by atoms with Gasteiger partial charge in [0.15, 0.2) is 25.2 Å². The van der Waals surface area contributed by atoms with Crippen LogP contribution in [0.1, 0.15) is 183 Å². The van der Waals surface area contributed by atoms with Crippen molar-refractivity contribution in [3.8, 4) is 0 Å². The molecule has 0 aliphatic carbocycles. The highest BCUT2D eigenvalue weighted by atomic mass is 16.8. The van der Waals surface area contributed by atoms with Crippen molar-refractivity contribution in [3.05, 3.63) is 24.3 Å². The van der Waals surface area contributed by atoms with Crippen molar-refractivity contribution in [1.82, 2.24) is 0 Å². The molecular formula is C42H82O7. The molecule has 292 valence electrons. The van der Waals surface area contributed by atoms with E-state index >= 15 is 0 Å². The van der Waals surface area contributed by atoms with Crippen molar-refractivity contribution in [2.45, 2.75) is 208 Å². The maximum Gasteiger partial charge on any atom is 0.180 e. The minimum Gasteiger partial charge on any atom is -0.353 e. The van der Waals surface area contributed by atoms with Gasteiger partial charge in [-0.05, 0) is 103 Å². The third kappa shape index (κ3) is 34.1. The molecule has 0 saturated carbocycles. The van der Waals surface area contributed by atoms with Crippen molar-refractivity contribution in [3.63, 3.8) is 0 Å². The Morgan fingerprint density at radius 1 is 0.367 bits per heavy atom. The van der Waals surface area contributed by atoms with E-state index in [-0.39, 0.29) is 25.2 Å². The molecule has 0 aromatic rings. The summed E-state index contributed by atoms with van der Waals surface area (Å²) in [4.78, 5) is 0. The first kappa shape index (κ1) is 48.2. The predicted octanol–water partition coefficient (Wildman–Crippen LogP) is 12.2. The van der Waals surface area contributed by atoms with Gasteiger partial charge in [-0.1, -0.05) is 104 Å². The van der Waals surface area contributed by atoms with Crippen LogP contribution in [0.25, 0.3) is 0 Å². The van der Waals surface area contributed by atoms with Crippen LogP contribution in [-0.4, -0.2) is 64.8 Å². The van der Waals surface area contributed by atoms with Gasteiger partial charge in [0.05, 0.1) is 0 Å². The summed E-state index contributed by atoms with van der Waals surface area (Å²) in [7, 11) is 0. The van der Waals surface area contributed by atoms with Crippen molar-refractivity contribution < 1.29 is 33.2 Å². The topological polar surface area (TPSA) is 64.6 Å². The molecule has 0 N–H and O–H groups in total. The fourth-order valence-electron chi connectivity index (χ4n) is 5.50. The molecule has 0 aliphatic heterocycles. The average Bonchev–Trinajstić information content (AvgIpc) is 3.11. The summed E-state index contributed by atoms with van der Waals surface area (Å²) in [6.45, 7) is 17.0. The first-order valence-electron chi connectivity index (χ1n) is 20.8. The van der Waals surface area contributed by atoms with E-state index in [1.54, 1.807) is 0 Å². The lowest BCUT2D eigenvalue weighted by molar-refractivity contribution is -0.204. The fourth-order valence-corrected chi connectivity index (χ4v) is 5.50. The Balaban J connectivity index is 4.08. The molecule has 0 amide bonds. The lowest BCUT2D eigenvalue weighted by atomic mass is 10.1. The standard InChI is InChI=1S/C42H82O7/c1-7-35-45-39(46-36-8-2)31-27-23-19-15-13-17-21-25-29-33-41(43-11-5)49-42(44-12-6)34-30-26-22-18-14-16-20-24-28-32-40(47-37-9-3)48-38-10-4/h29-30,33-34,39-42H,7-28,31-32,35-38H2,1-6H3. The first-order valence-corrected chi connectivity index (χ1v) is 20.8. The van der Waals surface area contributed by atoms with E-state index in [1.165, 1.54) is 89.9 Å². The number of unbranched alkanes of at least 4 members (excludes halogenated alkanes) is 14. The van der Waals surface area contributed by atoms with Gasteiger partial charge in [0.25, 0.3) is 0 Å². The Labute approximate surface area is 304 Å². The van der Waals surface area contributed by atoms with Gasteiger partial charge in [0.2, 0.25) is 0 Å². The molecule has 49 heavy (non-hydrogen) atoms. The van der Waals surface area contributed by atoms with Crippen LogP contribution in [0.2, 0.25) is 0 Å². The highest BCUT2D eigenvalue weighted by Gasteiger charge is 2.13. The Morgan fingerprint density at radius 3 is 0.980 bits per heavy atom. The summed E-state index contributed by atoms with van der Waals surface area (Å²) < 4.78 is 41.2. The second-order valence-electron chi connectivity index (χ2n) is 13.1. The summed E-state index contributed by atoms with van der Waals surface area (Å²) in [6.07, 6.45) is 33.6. The Kier molecular flexibility index (Phi) is 39.3. The van der Waals surface area contributed by atoms with E-state index in [0.29, 0.717) is 13.2 Å². The lowest BCUT2D eigenvalue weighted by Gasteiger charge is -2.20. The number of rotatable bonds is 40. The van der Waals surface area contributed by atoms with Gasteiger partial charge in [-0.3, -0.25) is 0 Å². The normalized spacial score (nSPS) is 13.6. The van der Waals surface area contributed by atoms with Crippen LogP contribution in [-0.2, 0) is 33.2 Å². The van der Waals surface area contributed by atoms with Crippen LogP contribution >= 0.6 is 0 Å². The van der Waals surface area contributed by atoms with Gasteiger partial charge < -0.3 is 33.2 Å². The molecular weight excluding hydrogens is 616 g/mol. The zero-order valence-corrected chi connectivity index (χ0v) is 33.3. The molecule has 7 heteroatoms. The van der Waals surface area contributed by atoms with Crippen LogP contribution in [0.5, 0.6) is 0 Å². The summed E-state index contributed by atoms with van der Waals surface area (Å²) in [5.74, 6) is 0. The van der Waals surface area contributed by atoms with Crippen molar-refractivity contribution in [1.29, 1.82) is 0 Å². The first-order chi connectivity index (χ1) is 24.1. The molecule has 0 aromatic heterocycles. The summed E-state index contributed by atoms with van der Waals surface area (Å²) in [5, 5.41) is 0. The van der Waals surface area contributed by atoms with Crippen molar-refractivity contribution >= 4 is 0 Å². The Morgan fingerprint density at radius 2 is 0.673 bits per heavy atom. The Bertz CT molecular complexity index is 614. The number of allylic oxidation sites excluding steroid dienone is 2. The van der Waals surface area contributed by atoms with E-state index in [1.807, 2.05) is 13.8 Å². The largest absolute Gasteiger partial charge is 0.353 e. The average molecular weight is 699 g/mol. The molecule has 0 radical (unpaired) electrons. The molecule has 0 saturated heterocycles. The van der Waals surface area contributed by atoms with Gasteiger partial charge in [0.1, 0.15) is 0 Å². The van der Waals surface area contributed by atoms with E-state index in [2.05, 4.69) is 52.0 Å². The Hall–Kier alpha value is -0.800. The number of hydrogen-bond donors (Lipinski definition) is 0. The highest BCUT2D eigenvalue weighted by molar-refractivity contribution is 4.89. The molecule has 2 atom stereocenters. The highest BCUT2D eigenvalue weighted by Crippen LogP contribution is 2.16. The second kappa shape index (κ2) is 40.0. The van der Waals surface area contributed by atoms with Gasteiger partial charge in [-0.15, -0.1) is 0 Å². The number of ether oxygens (including phenoxy) is 7. The maximum atomic E-state index is 6.16. The minimum atomic E-state index is -0.385. The van der Waals surface area contributed by atoms with Crippen LogP contribution in [0, 0.1) is 0 Å². The third-order valence-electron chi connectivity index (χ3n) is 8.17. The van der Waals surface area contributed by atoms with Crippen LogP contribution in [0.4, 0.5) is 0 Å². The smallest absolute Gasteiger partial charge is 0.180 e. The molecule has 0 bridgehead atoms.